The number of aromatic nitrogens is 4. The number of sulfone groups is 1. The molecule has 0 atom stereocenters. The summed E-state index contributed by atoms with van der Waals surface area (Å²) in [7, 11) is -3.38. The fourth-order valence-electron chi connectivity index (χ4n) is 2.60. The Morgan fingerprint density at radius 1 is 1.07 bits per heavy atom. The Morgan fingerprint density at radius 3 is 2.59 bits per heavy atom. The topological polar surface area (TPSA) is 132 Å². The lowest BCUT2D eigenvalue weighted by Gasteiger charge is -2.11. The molecule has 0 fully saturated rings. The first-order valence-electron chi connectivity index (χ1n) is 8.46. The van der Waals surface area contributed by atoms with Gasteiger partial charge < -0.3 is 9.73 Å². The maximum Gasteiger partial charge on any atom is 0.439 e. The number of aryl methyl sites for hydroxylation is 1. The summed E-state index contributed by atoms with van der Waals surface area (Å²) in [4.78, 5) is 24.7. The number of pyridine rings is 1. The number of anilines is 3. The first-order chi connectivity index (χ1) is 13.8. The van der Waals surface area contributed by atoms with E-state index < -0.39 is 15.6 Å². The first-order valence-corrected chi connectivity index (χ1v) is 10.3. The minimum atomic E-state index is -3.38. The Hall–Kier alpha value is -3.73. The van der Waals surface area contributed by atoms with Crippen LogP contribution in [0.5, 0.6) is 0 Å². The number of hydrogen-bond acceptors (Lipinski definition) is 9. The molecule has 0 radical (unpaired) electrons. The van der Waals surface area contributed by atoms with Gasteiger partial charge in [-0.2, -0.15) is 9.66 Å². The maximum absolute atomic E-state index is 12.2. The highest BCUT2D eigenvalue weighted by molar-refractivity contribution is 7.90. The first kappa shape index (κ1) is 18.6. The lowest BCUT2D eigenvalue weighted by molar-refractivity contribution is 0.532. The number of nitrogens with zero attached hydrogens (tertiary/aromatic N) is 4. The van der Waals surface area contributed by atoms with E-state index in [4.69, 9.17) is 4.42 Å². The third-order valence-corrected chi connectivity index (χ3v) is 5.05. The van der Waals surface area contributed by atoms with Gasteiger partial charge in [-0.15, -0.1) is 0 Å². The summed E-state index contributed by atoms with van der Waals surface area (Å²) in [5.41, 5.74) is 5.19. The molecular weight excluding hydrogens is 396 g/mol. The SMILES string of the molecule is Cc1cnc(Nc2ccc(S(C)(=O)=O)nc2)nc1Nn1c(=O)oc2ccccc21. The lowest BCUT2D eigenvalue weighted by atomic mass is 10.3. The van der Waals surface area contributed by atoms with Gasteiger partial charge in [-0.05, 0) is 31.2 Å². The van der Waals surface area contributed by atoms with Gasteiger partial charge in [0.05, 0.1) is 11.9 Å². The van der Waals surface area contributed by atoms with Gasteiger partial charge in [0, 0.05) is 18.0 Å². The quantitative estimate of drug-likeness (QED) is 0.506. The van der Waals surface area contributed by atoms with E-state index in [0.29, 0.717) is 28.2 Å². The van der Waals surface area contributed by atoms with Crippen LogP contribution in [0.15, 0.2) is 63.0 Å². The smallest absolute Gasteiger partial charge is 0.406 e. The minimum absolute atomic E-state index is 0.0264. The molecule has 0 bridgehead atoms. The van der Waals surface area contributed by atoms with E-state index in [1.54, 1.807) is 43.5 Å². The summed E-state index contributed by atoms with van der Waals surface area (Å²) in [5.74, 6) is 0.0732. The molecule has 0 amide bonds. The Labute approximate surface area is 165 Å². The number of rotatable bonds is 5. The Kier molecular flexibility index (Phi) is 4.51. The van der Waals surface area contributed by atoms with Gasteiger partial charge in [0.1, 0.15) is 5.52 Å². The molecule has 0 aliphatic rings. The van der Waals surface area contributed by atoms with Crippen LogP contribution >= 0.6 is 0 Å². The van der Waals surface area contributed by atoms with E-state index in [1.165, 1.54) is 16.9 Å². The number of oxazole rings is 1. The average molecular weight is 412 g/mol. The van der Waals surface area contributed by atoms with Crippen LogP contribution in [-0.4, -0.2) is 34.3 Å². The normalized spacial score (nSPS) is 11.5. The van der Waals surface area contributed by atoms with Crippen molar-refractivity contribution in [2.45, 2.75) is 11.9 Å². The number of fused-ring (bicyclic) bond motifs is 1. The largest absolute Gasteiger partial charge is 0.439 e. The molecule has 0 unspecified atom stereocenters. The van der Waals surface area contributed by atoms with Crippen LogP contribution in [0, 0.1) is 6.92 Å². The Morgan fingerprint density at radius 2 is 1.86 bits per heavy atom. The third kappa shape index (κ3) is 3.80. The van der Waals surface area contributed by atoms with Crippen molar-refractivity contribution in [3.8, 4) is 0 Å². The molecule has 0 saturated heterocycles. The predicted molar refractivity (Wildman–Crippen MR) is 107 cm³/mol. The zero-order valence-corrected chi connectivity index (χ0v) is 16.3. The van der Waals surface area contributed by atoms with Gasteiger partial charge >= 0.3 is 5.76 Å². The molecular formula is C18H16N6O4S. The van der Waals surface area contributed by atoms with Crippen LogP contribution in [0.1, 0.15) is 5.56 Å². The zero-order chi connectivity index (χ0) is 20.6. The highest BCUT2D eigenvalue weighted by Gasteiger charge is 2.12. The van der Waals surface area contributed by atoms with Crippen LogP contribution in [0.4, 0.5) is 17.5 Å². The summed E-state index contributed by atoms with van der Waals surface area (Å²) in [6, 6.07) is 9.97. The molecule has 3 aromatic heterocycles. The van der Waals surface area contributed by atoms with Gasteiger partial charge in [0.15, 0.2) is 26.3 Å². The van der Waals surface area contributed by atoms with Crippen LogP contribution in [0.3, 0.4) is 0 Å². The van der Waals surface area contributed by atoms with Gasteiger partial charge in [-0.3, -0.25) is 5.43 Å². The summed E-state index contributed by atoms with van der Waals surface area (Å²) < 4.78 is 29.5. The molecule has 10 nitrogen and oxygen atoms in total. The Balaban J connectivity index is 1.62. The van der Waals surface area contributed by atoms with Gasteiger partial charge in [-0.25, -0.2) is 23.2 Å². The van der Waals surface area contributed by atoms with Crippen molar-refractivity contribution in [2.75, 3.05) is 17.0 Å². The second kappa shape index (κ2) is 7.02. The standard InChI is InChI=1S/C18H16N6O4S/c1-11-9-20-17(21-12-7-8-15(19-10-12)29(2,26)27)22-16(11)23-24-13-5-3-4-6-14(13)28-18(24)25/h3-10H,1-2H3,(H2,20,21,22,23). The number of hydrogen-bond donors (Lipinski definition) is 2. The van der Waals surface area contributed by atoms with Gasteiger partial charge in [-0.1, -0.05) is 12.1 Å². The third-order valence-electron chi connectivity index (χ3n) is 4.05. The zero-order valence-electron chi connectivity index (χ0n) is 15.4. The van der Waals surface area contributed by atoms with Crippen molar-refractivity contribution in [2.24, 2.45) is 0 Å². The molecule has 4 rings (SSSR count). The molecule has 4 aromatic rings. The van der Waals surface area contributed by atoms with Gasteiger partial charge in [0.2, 0.25) is 5.95 Å². The monoisotopic (exact) mass is 412 g/mol. The van der Waals surface area contributed by atoms with Crippen molar-refractivity contribution < 1.29 is 12.8 Å². The van der Waals surface area contributed by atoms with E-state index in [0.717, 1.165) is 6.26 Å². The molecule has 148 valence electrons. The van der Waals surface area contributed by atoms with Crippen molar-refractivity contribution in [3.63, 3.8) is 0 Å². The average Bonchev–Trinajstić information content (AvgIpc) is 2.99. The molecule has 2 N–H and O–H groups in total. The minimum Gasteiger partial charge on any atom is -0.406 e. The van der Waals surface area contributed by atoms with Crippen LogP contribution < -0.4 is 16.5 Å². The van der Waals surface area contributed by atoms with E-state index in [2.05, 4.69) is 25.7 Å². The van der Waals surface area contributed by atoms with E-state index in [9.17, 15) is 13.2 Å². The summed E-state index contributed by atoms with van der Waals surface area (Å²) >= 11 is 0. The number of benzene rings is 1. The molecule has 0 saturated carbocycles. The molecule has 29 heavy (non-hydrogen) atoms. The molecule has 0 spiro atoms. The van der Waals surface area contributed by atoms with Crippen LogP contribution in [0.25, 0.3) is 11.1 Å². The number of nitrogens with one attached hydrogen (secondary N) is 2. The highest BCUT2D eigenvalue weighted by atomic mass is 32.2. The van der Waals surface area contributed by atoms with Crippen molar-refractivity contribution >= 4 is 38.4 Å². The van der Waals surface area contributed by atoms with E-state index in [1.807, 2.05) is 0 Å². The van der Waals surface area contributed by atoms with Crippen molar-refractivity contribution in [1.29, 1.82) is 0 Å². The lowest BCUT2D eigenvalue weighted by Crippen LogP contribution is -2.23. The molecule has 1 aromatic carbocycles. The second-order valence-corrected chi connectivity index (χ2v) is 8.25. The molecule has 0 aliphatic heterocycles. The van der Waals surface area contributed by atoms with Gasteiger partial charge in [0.25, 0.3) is 0 Å². The number of para-hydroxylation sites is 2. The molecule has 0 aliphatic carbocycles. The highest BCUT2D eigenvalue weighted by Crippen LogP contribution is 2.19. The fourth-order valence-corrected chi connectivity index (χ4v) is 3.16. The van der Waals surface area contributed by atoms with E-state index in [-0.39, 0.29) is 11.0 Å². The summed E-state index contributed by atoms with van der Waals surface area (Å²) in [6.07, 6.45) is 4.05. The van der Waals surface area contributed by atoms with Crippen molar-refractivity contribution in [3.05, 3.63) is 64.9 Å². The molecule has 11 heteroatoms. The fraction of sp³-hybridized carbons (Fsp3) is 0.111. The maximum atomic E-state index is 12.2. The predicted octanol–water partition coefficient (Wildman–Crippen LogP) is 2.11. The van der Waals surface area contributed by atoms with Crippen LogP contribution in [-0.2, 0) is 9.84 Å². The van der Waals surface area contributed by atoms with E-state index >= 15 is 0 Å². The van der Waals surface area contributed by atoms with Crippen LogP contribution in [0.2, 0.25) is 0 Å². The van der Waals surface area contributed by atoms with Crippen molar-refractivity contribution in [1.82, 2.24) is 19.6 Å². The Bertz CT molecular complexity index is 1360. The second-order valence-electron chi connectivity index (χ2n) is 6.29. The summed E-state index contributed by atoms with van der Waals surface area (Å²) in [6.45, 7) is 1.79. The summed E-state index contributed by atoms with van der Waals surface area (Å²) in [5, 5.41) is 2.92. The molecule has 3 heterocycles.